The SMILES string of the molecule is C=CC(=O)OCCCCCCOC1CC2CCC1(C)C2(C)C. The van der Waals surface area contributed by atoms with E-state index in [0.29, 0.717) is 23.5 Å². The van der Waals surface area contributed by atoms with E-state index >= 15 is 0 Å². The van der Waals surface area contributed by atoms with Crippen molar-refractivity contribution in [2.75, 3.05) is 13.2 Å². The molecular formula is C19H32O3. The van der Waals surface area contributed by atoms with Crippen molar-refractivity contribution in [3.8, 4) is 0 Å². The summed E-state index contributed by atoms with van der Waals surface area (Å²) in [5.41, 5.74) is 0.809. The summed E-state index contributed by atoms with van der Waals surface area (Å²) in [6.45, 7) is 12.0. The highest BCUT2D eigenvalue weighted by molar-refractivity contribution is 5.81. The van der Waals surface area contributed by atoms with Gasteiger partial charge in [-0.3, -0.25) is 0 Å². The van der Waals surface area contributed by atoms with Gasteiger partial charge in [-0.1, -0.05) is 33.8 Å². The molecule has 0 spiro atoms. The number of hydrogen-bond acceptors (Lipinski definition) is 3. The van der Waals surface area contributed by atoms with Crippen LogP contribution < -0.4 is 0 Å². The largest absolute Gasteiger partial charge is 0.463 e. The third kappa shape index (κ3) is 3.40. The lowest BCUT2D eigenvalue weighted by molar-refractivity contribution is -0.137. The van der Waals surface area contributed by atoms with Gasteiger partial charge in [-0.05, 0) is 55.3 Å². The maximum atomic E-state index is 10.9. The second-order valence-corrected chi connectivity index (χ2v) is 7.76. The van der Waals surface area contributed by atoms with Crippen molar-refractivity contribution in [2.45, 2.75) is 71.8 Å². The fourth-order valence-corrected chi connectivity index (χ4v) is 4.40. The summed E-state index contributed by atoms with van der Waals surface area (Å²) in [6, 6.07) is 0. The quantitative estimate of drug-likeness (QED) is 0.357. The summed E-state index contributed by atoms with van der Waals surface area (Å²) in [5, 5.41) is 0. The lowest BCUT2D eigenvalue weighted by atomic mass is 9.70. The highest BCUT2D eigenvalue weighted by Gasteiger charge is 2.61. The Morgan fingerprint density at radius 2 is 1.86 bits per heavy atom. The summed E-state index contributed by atoms with van der Waals surface area (Å²) in [6.07, 6.45) is 9.88. The minimum Gasteiger partial charge on any atom is -0.463 e. The molecule has 0 N–H and O–H groups in total. The fraction of sp³-hybridized carbons (Fsp3) is 0.842. The molecule has 3 atom stereocenters. The van der Waals surface area contributed by atoms with Crippen molar-refractivity contribution in [3.05, 3.63) is 12.7 Å². The smallest absolute Gasteiger partial charge is 0.330 e. The van der Waals surface area contributed by atoms with Gasteiger partial charge >= 0.3 is 5.97 Å². The molecule has 2 fully saturated rings. The van der Waals surface area contributed by atoms with Crippen LogP contribution in [0.3, 0.4) is 0 Å². The second-order valence-electron chi connectivity index (χ2n) is 7.76. The number of unbranched alkanes of at least 4 members (excludes halogenated alkanes) is 3. The van der Waals surface area contributed by atoms with Gasteiger partial charge in [0.05, 0.1) is 12.7 Å². The Morgan fingerprint density at radius 3 is 2.41 bits per heavy atom. The minimum atomic E-state index is -0.324. The molecule has 126 valence electrons. The fourth-order valence-electron chi connectivity index (χ4n) is 4.40. The number of rotatable bonds is 9. The van der Waals surface area contributed by atoms with E-state index in [1.54, 1.807) is 0 Å². The van der Waals surface area contributed by atoms with Gasteiger partial charge in [0.25, 0.3) is 0 Å². The molecule has 0 saturated heterocycles. The van der Waals surface area contributed by atoms with Gasteiger partial charge in [0.15, 0.2) is 0 Å². The van der Waals surface area contributed by atoms with Crippen LogP contribution in [-0.4, -0.2) is 25.3 Å². The lowest BCUT2D eigenvalue weighted by Gasteiger charge is -2.39. The maximum Gasteiger partial charge on any atom is 0.330 e. The Bertz CT molecular complexity index is 401. The normalized spacial score (nSPS) is 32.1. The third-order valence-electron chi connectivity index (χ3n) is 6.48. The van der Waals surface area contributed by atoms with E-state index in [4.69, 9.17) is 9.47 Å². The van der Waals surface area contributed by atoms with Crippen molar-refractivity contribution in [1.29, 1.82) is 0 Å². The lowest BCUT2D eigenvalue weighted by Crippen LogP contribution is -2.37. The van der Waals surface area contributed by atoms with E-state index in [0.717, 1.165) is 38.2 Å². The summed E-state index contributed by atoms with van der Waals surface area (Å²) in [7, 11) is 0. The minimum absolute atomic E-state index is 0.324. The molecule has 0 aromatic rings. The zero-order chi connectivity index (χ0) is 16.2. The monoisotopic (exact) mass is 308 g/mol. The van der Waals surface area contributed by atoms with Gasteiger partial charge < -0.3 is 9.47 Å². The van der Waals surface area contributed by atoms with Gasteiger partial charge in [-0.2, -0.15) is 0 Å². The molecule has 2 rings (SSSR count). The first-order valence-electron chi connectivity index (χ1n) is 8.82. The molecule has 0 radical (unpaired) electrons. The number of carbonyl (C=O) groups is 1. The van der Waals surface area contributed by atoms with E-state index < -0.39 is 0 Å². The van der Waals surface area contributed by atoms with Crippen molar-refractivity contribution in [1.82, 2.24) is 0 Å². The van der Waals surface area contributed by atoms with E-state index in [9.17, 15) is 4.79 Å². The second kappa shape index (κ2) is 7.16. The molecule has 0 heterocycles. The Hall–Kier alpha value is -0.830. The molecule has 0 amide bonds. The molecule has 22 heavy (non-hydrogen) atoms. The number of carbonyl (C=O) groups excluding carboxylic acids is 1. The Morgan fingerprint density at radius 1 is 1.18 bits per heavy atom. The molecule has 2 aliphatic rings. The number of esters is 1. The molecule has 3 nitrogen and oxygen atoms in total. The average Bonchev–Trinajstić information content (AvgIpc) is 2.82. The summed E-state index contributed by atoms with van der Waals surface area (Å²) in [4.78, 5) is 10.9. The summed E-state index contributed by atoms with van der Waals surface area (Å²) in [5.74, 6) is 0.525. The Kier molecular flexibility index (Phi) is 5.70. The van der Waals surface area contributed by atoms with E-state index in [1.165, 1.54) is 25.3 Å². The maximum absolute atomic E-state index is 10.9. The van der Waals surface area contributed by atoms with Gasteiger partial charge in [0, 0.05) is 12.7 Å². The van der Waals surface area contributed by atoms with Gasteiger partial charge in [-0.25, -0.2) is 4.79 Å². The standard InChI is InChI=1S/C19H32O3/c1-5-17(20)22-13-9-7-6-8-12-21-16-14-15-10-11-19(16,4)18(15,2)3/h5,15-16H,1,6-14H2,2-4H3. The molecule has 0 aromatic carbocycles. The third-order valence-corrected chi connectivity index (χ3v) is 6.48. The first-order valence-corrected chi connectivity index (χ1v) is 8.82. The van der Waals surface area contributed by atoms with Crippen molar-refractivity contribution in [3.63, 3.8) is 0 Å². The highest BCUT2D eigenvalue weighted by atomic mass is 16.5. The van der Waals surface area contributed by atoms with Crippen LogP contribution in [-0.2, 0) is 14.3 Å². The predicted molar refractivity (Wildman–Crippen MR) is 88.6 cm³/mol. The van der Waals surface area contributed by atoms with Crippen molar-refractivity contribution >= 4 is 5.97 Å². The van der Waals surface area contributed by atoms with E-state index in [2.05, 4.69) is 27.4 Å². The molecule has 3 unspecified atom stereocenters. The number of ether oxygens (including phenoxy) is 2. The summed E-state index contributed by atoms with van der Waals surface area (Å²) >= 11 is 0. The Labute approximate surface area is 135 Å². The van der Waals surface area contributed by atoms with Crippen LogP contribution in [0, 0.1) is 16.7 Å². The first-order chi connectivity index (χ1) is 10.4. The van der Waals surface area contributed by atoms with E-state index in [1.807, 2.05) is 0 Å². The van der Waals surface area contributed by atoms with Crippen LogP contribution in [0.5, 0.6) is 0 Å². The average molecular weight is 308 g/mol. The van der Waals surface area contributed by atoms with Crippen molar-refractivity contribution < 1.29 is 14.3 Å². The van der Waals surface area contributed by atoms with Gasteiger partial charge in [0.1, 0.15) is 0 Å². The molecular weight excluding hydrogens is 276 g/mol. The predicted octanol–water partition coefficient (Wildman–Crippen LogP) is 4.51. The molecule has 3 heteroatoms. The highest BCUT2D eigenvalue weighted by Crippen LogP contribution is 2.66. The van der Waals surface area contributed by atoms with Crippen LogP contribution in [0.2, 0.25) is 0 Å². The molecule has 2 saturated carbocycles. The van der Waals surface area contributed by atoms with E-state index in [-0.39, 0.29) is 5.97 Å². The van der Waals surface area contributed by atoms with Gasteiger partial charge in [0.2, 0.25) is 0 Å². The number of fused-ring (bicyclic) bond motifs is 2. The first kappa shape index (κ1) is 17.5. The Balaban J connectivity index is 1.55. The molecule has 0 aliphatic heterocycles. The zero-order valence-corrected chi connectivity index (χ0v) is 14.5. The van der Waals surface area contributed by atoms with Gasteiger partial charge in [-0.15, -0.1) is 0 Å². The van der Waals surface area contributed by atoms with Crippen LogP contribution in [0.25, 0.3) is 0 Å². The topological polar surface area (TPSA) is 35.5 Å². The molecule has 2 bridgehead atoms. The van der Waals surface area contributed by atoms with Crippen LogP contribution in [0.15, 0.2) is 12.7 Å². The molecule has 0 aromatic heterocycles. The van der Waals surface area contributed by atoms with Crippen LogP contribution in [0.4, 0.5) is 0 Å². The van der Waals surface area contributed by atoms with Crippen LogP contribution >= 0.6 is 0 Å². The van der Waals surface area contributed by atoms with Crippen molar-refractivity contribution in [2.24, 2.45) is 16.7 Å². The zero-order valence-electron chi connectivity index (χ0n) is 14.5. The molecule has 2 aliphatic carbocycles. The number of hydrogen-bond donors (Lipinski definition) is 0. The summed E-state index contributed by atoms with van der Waals surface area (Å²) < 4.78 is 11.2. The van der Waals surface area contributed by atoms with Crippen LogP contribution in [0.1, 0.15) is 65.7 Å².